The highest BCUT2D eigenvalue weighted by Gasteiger charge is 2.26. The fourth-order valence-electron chi connectivity index (χ4n) is 1.54. The summed E-state index contributed by atoms with van der Waals surface area (Å²) >= 11 is 5.91. The maximum Gasteiger partial charge on any atom is 0.216 e. The maximum atomic E-state index is 11.8. The number of sulfonamides is 1. The van der Waals surface area contributed by atoms with Crippen LogP contribution in [0.25, 0.3) is 0 Å². The van der Waals surface area contributed by atoms with Gasteiger partial charge in [0.15, 0.2) is 0 Å². The van der Waals surface area contributed by atoms with Crippen molar-refractivity contribution < 1.29 is 13.2 Å². The summed E-state index contributed by atoms with van der Waals surface area (Å²) in [6, 6.07) is 0. The van der Waals surface area contributed by atoms with Crippen molar-refractivity contribution in [1.29, 1.82) is 0 Å². The maximum absolute atomic E-state index is 11.8. The third-order valence-electron chi connectivity index (χ3n) is 2.47. The molecule has 4 nitrogen and oxygen atoms in total. The lowest BCUT2D eigenvalue weighted by molar-refractivity contribution is 0.162. The second-order valence-corrected chi connectivity index (χ2v) is 6.29. The minimum Gasteiger partial charge on any atom is -0.381 e. The third kappa shape index (κ3) is 4.26. The van der Waals surface area contributed by atoms with Crippen LogP contribution in [-0.4, -0.2) is 50.2 Å². The second-order valence-electron chi connectivity index (χ2n) is 3.59. The molecule has 0 aromatic carbocycles. The fraction of sp³-hybridized carbons (Fsp3) is 1.00. The van der Waals surface area contributed by atoms with Crippen LogP contribution in [0.3, 0.4) is 0 Å². The molecule has 0 unspecified atom stereocenters. The van der Waals surface area contributed by atoms with Crippen molar-refractivity contribution in [3.8, 4) is 0 Å². The average molecular weight is 256 g/mol. The topological polar surface area (TPSA) is 46.6 Å². The predicted octanol–water partition coefficient (Wildman–Crippen LogP) is 1.06. The minimum atomic E-state index is -3.13. The number of halogens is 1. The van der Waals surface area contributed by atoms with Crippen molar-refractivity contribution in [2.24, 2.45) is 0 Å². The first-order valence-electron chi connectivity index (χ1n) is 5.26. The second kappa shape index (κ2) is 6.03. The number of piperidine rings is 1. The van der Waals surface area contributed by atoms with Gasteiger partial charge in [0.1, 0.15) is 0 Å². The monoisotopic (exact) mass is 255 g/mol. The molecule has 0 bridgehead atoms. The van der Waals surface area contributed by atoms with Crippen LogP contribution in [0.15, 0.2) is 0 Å². The summed E-state index contributed by atoms with van der Waals surface area (Å²) in [6.45, 7) is 3.77. The molecular weight excluding hydrogens is 238 g/mol. The number of ether oxygens (including phenoxy) is 1. The third-order valence-corrected chi connectivity index (χ3v) is 4.74. The van der Waals surface area contributed by atoms with Gasteiger partial charge in [0.05, 0.1) is 12.4 Å². The summed E-state index contributed by atoms with van der Waals surface area (Å²) in [4.78, 5) is 0. The van der Waals surface area contributed by atoms with Crippen molar-refractivity contribution in [1.82, 2.24) is 4.31 Å². The van der Waals surface area contributed by atoms with E-state index in [1.807, 2.05) is 6.92 Å². The average Bonchev–Trinajstić information content (AvgIpc) is 2.18. The molecule has 15 heavy (non-hydrogen) atoms. The first-order chi connectivity index (χ1) is 7.06. The van der Waals surface area contributed by atoms with Crippen molar-refractivity contribution in [3.05, 3.63) is 0 Å². The van der Waals surface area contributed by atoms with Crippen LogP contribution in [0.5, 0.6) is 0 Å². The van der Waals surface area contributed by atoms with E-state index >= 15 is 0 Å². The molecule has 90 valence electrons. The molecule has 1 saturated heterocycles. The standard InChI is InChI=1S/C9H18ClNO3S/c1-2-14-7-8-15(12,13)11-5-3-9(10)4-6-11/h9H,2-8H2,1H3. The van der Waals surface area contributed by atoms with E-state index in [0.717, 1.165) is 12.8 Å². The first-order valence-corrected chi connectivity index (χ1v) is 7.30. The Morgan fingerprint density at radius 3 is 2.53 bits per heavy atom. The molecule has 0 saturated carbocycles. The van der Waals surface area contributed by atoms with E-state index in [2.05, 4.69) is 0 Å². The predicted molar refractivity (Wildman–Crippen MR) is 60.7 cm³/mol. The summed E-state index contributed by atoms with van der Waals surface area (Å²) in [6.07, 6.45) is 1.49. The van der Waals surface area contributed by atoms with E-state index in [4.69, 9.17) is 16.3 Å². The van der Waals surface area contributed by atoms with E-state index < -0.39 is 10.0 Å². The minimum absolute atomic E-state index is 0.0772. The van der Waals surface area contributed by atoms with Gasteiger partial charge in [0.2, 0.25) is 10.0 Å². The smallest absolute Gasteiger partial charge is 0.216 e. The summed E-state index contributed by atoms with van der Waals surface area (Å²) < 4.78 is 30.1. The Bertz CT molecular complexity index is 273. The number of nitrogens with zero attached hydrogens (tertiary/aromatic N) is 1. The Morgan fingerprint density at radius 2 is 2.00 bits per heavy atom. The molecule has 0 amide bonds. The molecule has 0 aliphatic carbocycles. The Kier molecular flexibility index (Phi) is 5.32. The zero-order valence-corrected chi connectivity index (χ0v) is 10.6. The molecule has 0 spiro atoms. The SMILES string of the molecule is CCOCCS(=O)(=O)N1CCC(Cl)CC1. The van der Waals surface area contributed by atoms with E-state index in [9.17, 15) is 8.42 Å². The summed E-state index contributed by atoms with van der Waals surface area (Å²) in [5, 5.41) is 0.128. The highest BCUT2D eigenvalue weighted by atomic mass is 35.5. The van der Waals surface area contributed by atoms with Crippen LogP contribution in [0.4, 0.5) is 0 Å². The van der Waals surface area contributed by atoms with E-state index in [0.29, 0.717) is 19.7 Å². The van der Waals surface area contributed by atoms with E-state index in [1.54, 1.807) is 0 Å². The van der Waals surface area contributed by atoms with Gasteiger partial charge in [-0.3, -0.25) is 0 Å². The highest BCUT2D eigenvalue weighted by molar-refractivity contribution is 7.89. The van der Waals surface area contributed by atoms with Crippen LogP contribution >= 0.6 is 11.6 Å². The molecule has 0 radical (unpaired) electrons. The van der Waals surface area contributed by atoms with Gasteiger partial charge in [0.25, 0.3) is 0 Å². The van der Waals surface area contributed by atoms with Crippen LogP contribution in [-0.2, 0) is 14.8 Å². The van der Waals surface area contributed by atoms with Crippen molar-refractivity contribution in [3.63, 3.8) is 0 Å². The van der Waals surface area contributed by atoms with Gasteiger partial charge in [-0.05, 0) is 19.8 Å². The van der Waals surface area contributed by atoms with Crippen LogP contribution in [0.1, 0.15) is 19.8 Å². The molecule has 6 heteroatoms. The van der Waals surface area contributed by atoms with Crippen molar-refractivity contribution >= 4 is 21.6 Å². The molecule has 0 atom stereocenters. The van der Waals surface area contributed by atoms with Gasteiger partial charge < -0.3 is 4.74 Å². The number of rotatable bonds is 5. The van der Waals surface area contributed by atoms with Crippen LogP contribution in [0.2, 0.25) is 0 Å². The van der Waals surface area contributed by atoms with Crippen LogP contribution < -0.4 is 0 Å². The van der Waals surface area contributed by atoms with Crippen LogP contribution in [0, 0.1) is 0 Å². The zero-order valence-electron chi connectivity index (χ0n) is 8.99. The molecule has 0 aromatic rings. The van der Waals surface area contributed by atoms with Gasteiger partial charge >= 0.3 is 0 Å². The number of hydrogen-bond donors (Lipinski definition) is 0. The molecular formula is C9H18ClNO3S. The molecule has 1 rings (SSSR count). The zero-order chi connectivity index (χ0) is 11.3. The quantitative estimate of drug-likeness (QED) is 0.545. The fourth-order valence-corrected chi connectivity index (χ4v) is 3.09. The first kappa shape index (κ1) is 13.2. The largest absolute Gasteiger partial charge is 0.381 e. The number of hydrogen-bond acceptors (Lipinski definition) is 3. The van der Waals surface area contributed by atoms with Gasteiger partial charge in [-0.25, -0.2) is 12.7 Å². The Balaban J connectivity index is 2.40. The lowest BCUT2D eigenvalue weighted by atomic mass is 10.2. The van der Waals surface area contributed by atoms with E-state index in [1.165, 1.54) is 4.31 Å². The molecule has 1 fully saturated rings. The lowest BCUT2D eigenvalue weighted by Gasteiger charge is -2.28. The summed E-state index contributed by atoms with van der Waals surface area (Å²) in [5.41, 5.74) is 0. The molecule has 1 aliphatic heterocycles. The highest BCUT2D eigenvalue weighted by Crippen LogP contribution is 2.18. The van der Waals surface area contributed by atoms with E-state index in [-0.39, 0.29) is 17.7 Å². The molecule has 1 aliphatic rings. The summed E-state index contributed by atoms with van der Waals surface area (Å²) in [5.74, 6) is 0.0772. The van der Waals surface area contributed by atoms with Gasteiger partial charge in [-0.1, -0.05) is 0 Å². The van der Waals surface area contributed by atoms with Gasteiger partial charge in [-0.15, -0.1) is 11.6 Å². The van der Waals surface area contributed by atoms with Crippen molar-refractivity contribution in [2.45, 2.75) is 25.1 Å². The molecule has 0 aromatic heterocycles. The molecule has 1 heterocycles. The summed E-state index contributed by atoms with van der Waals surface area (Å²) in [7, 11) is -3.13. The normalized spacial score (nSPS) is 20.7. The Hall–Kier alpha value is 0.160. The Morgan fingerprint density at radius 1 is 1.40 bits per heavy atom. The molecule has 0 N–H and O–H groups in total. The van der Waals surface area contributed by atoms with Gasteiger partial charge in [0, 0.05) is 25.1 Å². The lowest BCUT2D eigenvalue weighted by Crippen LogP contribution is -2.40. The van der Waals surface area contributed by atoms with Crippen molar-refractivity contribution in [2.75, 3.05) is 32.1 Å². The number of alkyl halides is 1. The Labute approximate surface area is 96.6 Å². The van der Waals surface area contributed by atoms with Gasteiger partial charge in [-0.2, -0.15) is 0 Å².